The summed E-state index contributed by atoms with van der Waals surface area (Å²) in [5.74, 6) is 0.341. The van der Waals surface area contributed by atoms with E-state index < -0.39 is 0 Å². The Morgan fingerprint density at radius 2 is 2.04 bits per heavy atom. The minimum Gasteiger partial charge on any atom is -0.350 e. The number of piperazine rings is 1. The molecule has 2 aliphatic rings. The third kappa shape index (κ3) is 2.46. The van der Waals surface area contributed by atoms with Gasteiger partial charge >= 0.3 is 5.69 Å². The molecule has 23 heavy (non-hydrogen) atoms. The van der Waals surface area contributed by atoms with Crippen LogP contribution in [-0.4, -0.2) is 41.5 Å². The molecule has 1 saturated heterocycles. The number of aromatic nitrogens is 3. The molecule has 2 aliphatic heterocycles. The smallest absolute Gasteiger partial charge is 0.350 e. The lowest BCUT2D eigenvalue weighted by atomic mass is 10.0. The zero-order valence-electron chi connectivity index (χ0n) is 12.4. The van der Waals surface area contributed by atoms with Crippen LogP contribution in [-0.2, 0) is 6.42 Å². The van der Waals surface area contributed by atoms with Crippen LogP contribution in [0, 0.1) is 12.7 Å². The molecule has 2 aromatic heterocycles. The van der Waals surface area contributed by atoms with Gasteiger partial charge in [0.1, 0.15) is 11.6 Å². The summed E-state index contributed by atoms with van der Waals surface area (Å²) in [5, 5.41) is 0.700. The third-order valence-electron chi connectivity index (χ3n) is 4.59. The van der Waals surface area contributed by atoms with Gasteiger partial charge in [-0.15, -0.1) is 0 Å². The number of nitrogens with zero attached hydrogens (tertiary/aromatic N) is 5. The van der Waals surface area contributed by atoms with E-state index in [-0.39, 0.29) is 17.5 Å². The minimum absolute atomic E-state index is 0.243. The van der Waals surface area contributed by atoms with Crippen LogP contribution in [0.25, 0.3) is 11.0 Å². The molecule has 0 radical (unpaired) electrons. The van der Waals surface area contributed by atoms with Crippen molar-refractivity contribution in [2.24, 2.45) is 0 Å². The van der Waals surface area contributed by atoms with E-state index in [0.29, 0.717) is 34.5 Å². The number of pyridine rings is 1. The second kappa shape index (κ2) is 5.76. The van der Waals surface area contributed by atoms with E-state index >= 15 is 0 Å². The molecule has 0 bridgehead atoms. The SMILES string of the molecule is Cc1nc2c3c(nc(=O)n2I)N2CCN(I)CC2CCc3c1F. The van der Waals surface area contributed by atoms with Crippen LogP contribution in [0.3, 0.4) is 0 Å². The summed E-state index contributed by atoms with van der Waals surface area (Å²) in [4.78, 5) is 23.0. The highest BCUT2D eigenvalue weighted by molar-refractivity contribution is 14.1. The van der Waals surface area contributed by atoms with Crippen molar-refractivity contribution >= 4 is 62.6 Å². The average molecular weight is 541 g/mol. The van der Waals surface area contributed by atoms with Crippen LogP contribution in [0.15, 0.2) is 4.79 Å². The standard InChI is InChI=1S/C14H14FI2N5O/c1-7-11(15)9-3-2-8-6-20(16)4-5-21(8)12-10(9)13(18-7)22(17)14(23)19-12/h8H,2-6H2,1H3. The number of fused-ring (bicyclic) bond motifs is 2. The predicted octanol–water partition coefficient (Wildman–Crippen LogP) is 2.22. The Morgan fingerprint density at radius 1 is 1.26 bits per heavy atom. The fourth-order valence-corrected chi connectivity index (χ4v) is 4.61. The molecule has 0 N–H and O–H groups in total. The van der Waals surface area contributed by atoms with Gasteiger partial charge in [0.2, 0.25) is 0 Å². The van der Waals surface area contributed by atoms with Crippen molar-refractivity contribution in [1.82, 2.24) is 15.9 Å². The summed E-state index contributed by atoms with van der Waals surface area (Å²) in [6, 6.07) is 0.243. The molecule has 1 atom stereocenters. The van der Waals surface area contributed by atoms with E-state index in [9.17, 15) is 9.18 Å². The molecule has 0 amide bonds. The van der Waals surface area contributed by atoms with Crippen molar-refractivity contribution in [2.45, 2.75) is 25.8 Å². The van der Waals surface area contributed by atoms with Crippen molar-refractivity contribution in [3.05, 3.63) is 27.6 Å². The van der Waals surface area contributed by atoms with Crippen molar-refractivity contribution in [3.8, 4) is 0 Å². The highest BCUT2D eigenvalue weighted by Crippen LogP contribution is 2.36. The molecular weight excluding hydrogens is 527 g/mol. The minimum atomic E-state index is -0.352. The Balaban J connectivity index is 2.06. The Labute approximate surface area is 160 Å². The first-order valence-corrected chi connectivity index (χ1v) is 9.35. The van der Waals surface area contributed by atoms with E-state index in [1.807, 2.05) is 22.9 Å². The summed E-state index contributed by atoms with van der Waals surface area (Å²) in [6.45, 7) is 4.22. The zero-order chi connectivity index (χ0) is 16.3. The van der Waals surface area contributed by atoms with E-state index in [1.165, 1.54) is 2.78 Å². The van der Waals surface area contributed by atoms with Gasteiger partial charge in [-0.25, -0.2) is 20.1 Å². The quantitative estimate of drug-likeness (QED) is 0.379. The van der Waals surface area contributed by atoms with Gasteiger partial charge in [-0.05, 0) is 19.8 Å². The molecule has 122 valence electrons. The molecule has 4 heterocycles. The first-order chi connectivity index (χ1) is 11.0. The third-order valence-corrected chi connectivity index (χ3v) is 6.34. The number of aryl methyl sites for hydroxylation is 2. The maximum atomic E-state index is 14.7. The maximum Gasteiger partial charge on any atom is 0.360 e. The Bertz CT molecular complexity index is 871. The Hall–Kier alpha value is -0.560. The van der Waals surface area contributed by atoms with E-state index in [2.05, 4.69) is 40.8 Å². The Kier molecular flexibility index (Phi) is 3.99. The average Bonchev–Trinajstić information content (AvgIpc) is 2.67. The molecule has 9 heteroatoms. The highest BCUT2D eigenvalue weighted by Gasteiger charge is 2.33. The van der Waals surface area contributed by atoms with Gasteiger partial charge in [-0.1, -0.05) is 0 Å². The van der Waals surface area contributed by atoms with Crippen molar-refractivity contribution in [2.75, 3.05) is 24.5 Å². The normalized spacial score (nSPS) is 21.4. The van der Waals surface area contributed by atoms with Gasteiger partial charge in [0.05, 0.1) is 33.9 Å². The van der Waals surface area contributed by atoms with E-state index in [1.54, 1.807) is 6.92 Å². The summed E-state index contributed by atoms with van der Waals surface area (Å²) in [6.07, 6.45) is 1.49. The first kappa shape index (κ1) is 15.9. The van der Waals surface area contributed by atoms with Crippen LogP contribution < -0.4 is 10.6 Å². The zero-order valence-corrected chi connectivity index (χ0v) is 16.7. The fourth-order valence-electron chi connectivity index (χ4n) is 3.48. The monoisotopic (exact) mass is 541 g/mol. The lowest BCUT2D eigenvalue weighted by Crippen LogP contribution is -2.50. The number of halogens is 3. The van der Waals surface area contributed by atoms with Crippen molar-refractivity contribution in [3.63, 3.8) is 0 Å². The van der Waals surface area contributed by atoms with Gasteiger partial charge in [0.25, 0.3) is 0 Å². The Morgan fingerprint density at radius 3 is 2.83 bits per heavy atom. The molecule has 2 aromatic rings. The van der Waals surface area contributed by atoms with E-state index in [0.717, 1.165) is 26.1 Å². The number of hydrogen-bond donors (Lipinski definition) is 0. The highest BCUT2D eigenvalue weighted by atomic mass is 127. The molecule has 0 aliphatic carbocycles. The molecule has 1 unspecified atom stereocenters. The molecule has 0 saturated carbocycles. The van der Waals surface area contributed by atoms with Gasteiger partial charge in [-0.2, -0.15) is 4.98 Å². The van der Waals surface area contributed by atoms with Crippen LogP contribution in [0.5, 0.6) is 0 Å². The first-order valence-electron chi connectivity index (χ1n) is 7.42. The van der Waals surface area contributed by atoms with Crippen molar-refractivity contribution < 1.29 is 4.39 Å². The molecule has 0 aromatic carbocycles. The lowest BCUT2D eigenvalue weighted by Gasteiger charge is -2.39. The van der Waals surface area contributed by atoms with Gasteiger partial charge in [0.15, 0.2) is 5.65 Å². The van der Waals surface area contributed by atoms with Gasteiger partial charge in [0, 0.05) is 54.1 Å². The molecule has 6 nitrogen and oxygen atoms in total. The summed E-state index contributed by atoms with van der Waals surface area (Å²) >= 11 is 4.22. The second-order valence-corrected chi connectivity index (χ2v) is 8.27. The maximum absolute atomic E-state index is 14.7. The fraction of sp³-hybridized carbons (Fsp3) is 0.500. The summed E-state index contributed by atoms with van der Waals surface area (Å²) in [7, 11) is 0. The van der Waals surface area contributed by atoms with Crippen molar-refractivity contribution in [1.29, 1.82) is 0 Å². The van der Waals surface area contributed by atoms with Crippen LogP contribution in [0.2, 0.25) is 0 Å². The number of rotatable bonds is 0. The van der Waals surface area contributed by atoms with Crippen LogP contribution in [0.4, 0.5) is 10.2 Å². The largest absolute Gasteiger partial charge is 0.360 e. The molecular formula is C14H14FI2N5O. The molecule has 4 rings (SSSR count). The number of hydrogen-bond acceptors (Lipinski definition) is 5. The number of anilines is 1. The molecule has 0 spiro atoms. The summed E-state index contributed by atoms with van der Waals surface area (Å²) in [5.41, 5.74) is 1.15. The van der Waals surface area contributed by atoms with E-state index in [4.69, 9.17) is 0 Å². The topological polar surface area (TPSA) is 54.3 Å². The lowest BCUT2D eigenvalue weighted by molar-refractivity contribution is 0.370. The van der Waals surface area contributed by atoms with Crippen LogP contribution >= 0.6 is 45.7 Å². The van der Waals surface area contributed by atoms with Crippen LogP contribution in [0.1, 0.15) is 17.7 Å². The molecule has 1 fully saturated rings. The summed E-state index contributed by atoms with van der Waals surface area (Å²) < 4.78 is 18.3. The predicted molar refractivity (Wildman–Crippen MR) is 103 cm³/mol. The second-order valence-electron chi connectivity index (χ2n) is 5.94. The van der Waals surface area contributed by atoms with Gasteiger partial charge < -0.3 is 4.90 Å². The van der Waals surface area contributed by atoms with Gasteiger partial charge in [-0.3, -0.25) is 0 Å².